The molecule has 0 aromatic carbocycles. The number of nitrogens with one attached hydrogen (secondary N) is 1. The molecule has 0 aromatic heterocycles. The van der Waals surface area contributed by atoms with Crippen molar-refractivity contribution in [3.05, 3.63) is 0 Å². The number of nitrogens with two attached hydrogens (primary N) is 1. The highest BCUT2D eigenvalue weighted by atomic mass is 32.2. The minimum Gasteiger partial charge on any atom is -0.369 e. The molecule has 1 amide bonds. The molecule has 0 fully saturated rings. The van der Waals surface area contributed by atoms with Crippen molar-refractivity contribution in [3.8, 4) is 6.19 Å². The lowest BCUT2D eigenvalue weighted by Crippen LogP contribution is -2.33. The maximum atomic E-state index is 10.5. The first kappa shape index (κ1) is 8.78. The molecule has 0 bridgehead atoms. The molecule has 0 unspecified atom stereocenters. The third-order valence-electron chi connectivity index (χ3n) is 0.586. The molecule has 10 heavy (non-hydrogen) atoms. The lowest BCUT2D eigenvalue weighted by atomic mass is 10.9. The number of carbonyl (C=O) groups excluding carboxylic acids is 1. The molecule has 3 N–H and O–H groups in total. The quantitative estimate of drug-likeness (QED) is 0.291. The summed E-state index contributed by atoms with van der Waals surface area (Å²) in [6.45, 7) is 0. The summed E-state index contributed by atoms with van der Waals surface area (Å²) < 4.78 is 0. The number of rotatable bonds is 0. The van der Waals surface area contributed by atoms with E-state index in [1.807, 2.05) is 0 Å². The number of thioether (sulfide) groups is 1. The second kappa shape index (κ2) is 4.64. The molecular formula is C4H6N4OS. The Morgan fingerprint density at radius 1 is 1.90 bits per heavy atom. The SMILES string of the molecule is CSC(=O)NC(N)=NC#N. The smallest absolute Gasteiger partial charge is 0.285 e. The fraction of sp³-hybridized carbons (Fsp3) is 0.250. The molecule has 0 aliphatic rings. The standard InChI is InChI=1S/C4H6N4OS/c1-10-4(9)8-3(6)7-2-5/h1H3,(H3,6,7,8,9). The predicted octanol–water partition coefficient (Wildman–Crippen LogP) is -0.145. The molecular weight excluding hydrogens is 152 g/mol. The molecule has 0 saturated carbocycles. The maximum absolute atomic E-state index is 10.5. The second-order valence-corrected chi connectivity index (χ2v) is 1.99. The maximum Gasteiger partial charge on any atom is 0.285 e. The van der Waals surface area contributed by atoms with Crippen LogP contribution in [0.5, 0.6) is 0 Å². The number of aliphatic imine (C=N–C) groups is 1. The van der Waals surface area contributed by atoms with Crippen LogP contribution in [0.3, 0.4) is 0 Å². The Morgan fingerprint density at radius 2 is 2.50 bits per heavy atom. The van der Waals surface area contributed by atoms with Gasteiger partial charge in [0.1, 0.15) is 0 Å². The number of nitrogens with zero attached hydrogens (tertiary/aromatic N) is 2. The average Bonchev–Trinajstić information content (AvgIpc) is 1.88. The Labute approximate surface area is 62.3 Å². The minimum absolute atomic E-state index is 0.179. The molecule has 0 aromatic rings. The largest absolute Gasteiger partial charge is 0.369 e. The van der Waals surface area contributed by atoms with Crippen LogP contribution >= 0.6 is 11.8 Å². The van der Waals surface area contributed by atoms with E-state index in [0.717, 1.165) is 11.8 Å². The van der Waals surface area contributed by atoms with Gasteiger partial charge in [-0.3, -0.25) is 10.1 Å². The van der Waals surface area contributed by atoms with E-state index in [1.54, 1.807) is 6.26 Å². The zero-order chi connectivity index (χ0) is 7.98. The van der Waals surface area contributed by atoms with Crippen LogP contribution in [0.15, 0.2) is 4.99 Å². The van der Waals surface area contributed by atoms with Gasteiger partial charge in [-0.25, -0.2) is 0 Å². The Hall–Kier alpha value is -1.22. The van der Waals surface area contributed by atoms with Crippen LogP contribution in [0.4, 0.5) is 4.79 Å². The first-order valence-corrected chi connectivity index (χ1v) is 3.50. The molecule has 0 heterocycles. The molecule has 54 valence electrons. The monoisotopic (exact) mass is 158 g/mol. The van der Waals surface area contributed by atoms with Crippen molar-refractivity contribution in [1.29, 1.82) is 5.26 Å². The predicted molar refractivity (Wildman–Crippen MR) is 39.3 cm³/mol. The highest BCUT2D eigenvalue weighted by molar-refractivity contribution is 8.13. The lowest BCUT2D eigenvalue weighted by molar-refractivity contribution is 0.264. The molecule has 0 aliphatic carbocycles. The van der Waals surface area contributed by atoms with Crippen molar-refractivity contribution in [2.24, 2.45) is 10.7 Å². The summed E-state index contributed by atoms with van der Waals surface area (Å²) in [5.41, 5.74) is 5.04. The van der Waals surface area contributed by atoms with E-state index in [2.05, 4.69) is 10.3 Å². The zero-order valence-electron chi connectivity index (χ0n) is 5.29. The number of amides is 1. The third kappa shape index (κ3) is 3.74. The number of carbonyl (C=O) groups is 1. The van der Waals surface area contributed by atoms with Crippen molar-refractivity contribution in [2.45, 2.75) is 0 Å². The fourth-order valence-corrected chi connectivity index (χ4v) is 0.444. The van der Waals surface area contributed by atoms with Gasteiger partial charge in [0, 0.05) is 0 Å². The Morgan fingerprint density at radius 3 is 2.90 bits per heavy atom. The van der Waals surface area contributed by atoms with E-state index in [0.29, 0.717) is 0 Å². The van der Waals surface area contributed by atoms with E-state index in [9.17, 15) is 4.79 Å². The normalized spacial score (nSPS) is 10.2. The van der Waals surface area contributed by atoms with Gasteiger partial charge < -0.3 is 5.73 Å². The summed E-state index contributed by atoms with van der Waals surface area (Å²) in [7, 11) is 0. The highest BCUT2D eigenvalue weighted by Crippen LogP contribution is 1.90. The van der Waals surface area contributed by atoms with Crippen LogP contribution < -0.4 is 11.1 Å². The number of nitriles is 1. The van der Waals surface area contributed by atoms with Gasteiger partial charge in [0.25, 0.3) is 5.24 Å². The summed E-state index contributed by atoms with van der Waals surface area (Å²) in [5.74, 6) is -0.179. The first-order valence-electron chi connectivity index (χ1n) is 2.28. The summed E-state index contributed by atoms with van der Waals surface area (Å²) in [6, 6.07) is 0. The Balaban J connectivity index is 3.82. The second-order valence-electron chi connectivity index (χ2n) is 1.21. The van der Waals surface area contributed by atoms with Crippen molar-refractivity contribution < 1.29 is 4.79 Å². The summed E-state index contributed by atoms with van der Waals surface area (Å²) in [4.78, 5) is 13.5. The lowest BCUT2D eigenvalue weighted by Gasteiger charge is -1.96. The highest BCUT2D eigenvalue weighted by Gasteiger charge is 1.97. The molecule has 5 nitrogen and oxygen atoms in total. The van der Waals surface area contributed by atoms with E-state index >= 15 is 0 Å². The van der Waals surface area contributed by atoms with E-state index in [1.165, 1.54) is 6.19 Å². The van der Waals surface area contributed by atoms with Crippen molar-refractivity contribution in [1.82, 2.24) is 5.32 Å². The average molecular weight is 158 g/mol. The van der Waals surface area contributed by atoms with E-state index in [-0.39, 0.29) is 11.2 Å². The number of hydrogen-bond acceptors (Lipinski definition) is 4. The van der Waals surface area contributed by atoms with Crippen LogP contribution in [-0.2, 0) is 0 Å². The molecule has 6 heteroatoms. The number of hydrogen-bond donors (Lipinski definition) is 2. The van der Waals surface area contributed by atoms with Gasteiger partial charge in [0.2, 0.25) is 12.2 Å². The van der Waals surface area contributed by atoms with Crippen molar-refractivity contribution >= 4 is 23.0 Å². The molecule has 0 radical (unpaired) electrons. The van der Waals surface area contributed by atoms with Crippen LogP contribution in [0.1, 0.15) is 0 Å². The van der Waals surface area contributed by atoms with Crippen LogP contribution in [0.25, 0.3) is 0 Å². The van der Waals surface area contributed by atoms with Gasteiger partial charge in [0.05, 0.1) is 0 Å². The Bertz CT molecular complexity index is 194. The first-order chi connectivity index (χ1) is 4.70. The Kier molecular flexibility index (Phi) is 4.07. The van der Waals surface area contributed by atoms with Crippen molar-refractivity contribution in [3.63, 3.8) is 0 Å². The zero-order valence-corrected chi connectivity index (χ0v) is 6.10. The molecule has 0 rings (SSSR count). The van der Waals surface area contributed by atoms with Gasteiger partial charge in [-0.2, -0.15) is 5.26 Å². The number of guanidine groups is 1. The topological polar surface area (TPSA) is 91.3 Å². The van der Waals surface area contributed by atoms with E-state index < -0.39 is 0 Å². The fourth-order valence-electron chi connectivity index (χ4n) is 0.237. The van der Waals surface area contributed by atoms with Gasteiger partial charge in [0.15, 0.2) is 0 Å². The van der Waals surface area contributed by atoms with Crippen LogP contribution in [0.2, 0.25) is 0 Å². The summed E-state index contributed by atoms with van der Waals surface area (Å²) in [5, 5.41) is 9.77. The molecule has 0 spiro atoms. The van der Waals surface area contributed by atoms with E-state index in [4.69, 9.17) is 11.0 Å². The molecule has 0 atom stereocenters. The minimum atomic E-state index is -0.337. The van der Waals surface area contributed by atoms with Crippen molar-refractivity contribution in [2.75, 3.05) is 6.26 Å². The van der Waals surface area contributed by atoms with Gasteiger partial charge >= 0.3 is 0 Å². The summed E-state index contributed by atoms with van der Waals surface area (Å²) in [6.07, 6.45) is 3.03. The molecule has 0 saturated heterocycles. The third-order valence-corrected chi connectivity index (χ3v) is 1.06. The van der Waals surface area contributed by atoms with Crippen LogP contribution in [-0.4, -0.2) is 17.5 Å². The molecule has 0 aliphatic heterocycles. The van der Waals surface area contributed by atoms with Gasteiger partial charge in [-0.15, -0.1) is 4.99 Å². The van der Waals surface area contributed by atoms with Crippen LogP contribution in [0, 0.1) is 11.5 Å². The van der Waals surface area contributed by atoms with Gasteiger partial charge in [-0.1, -0.05) is 11.8 Å². The van der Waals surface area contributed by atoms with Gasteiger partial charge in [-0.05, 0) is 6.26 Å². The summed E-state index contributed by atoms with van der Waals surface area (Å²) >= 11 is 0.959.